The van der Waals surface area contributed by atoms with E-state index in [0.29, 0.717) is 19.4 Å². The Hall–Kier alpha value is -1.30. The number of rotatable bonds is 2. The van der Waals surface area contributed by atoms with Crippen LogP contribution in [0.4, 0.5) is 4.79 Å². The van der Waals surface area contributed by atoms with Crippen molar-refractivity contribution in [1.82, 2.24) is 9.96 Å². The fraction of sp³-hybridized carbons (Fsp3) is 0.800. The van der Waals surface area contributed by atoms with E-state index in [1.165, 1.54) is 17.1 Å². The number of piperidine rings is 1. The minimum atomic E-state index is -0.918. The summed E-state index contributed by atoms with van der Waals surface area (Å²) >= 11 is 0. The highest BCUT2D eigenvalue weighted by molar-refractivity contribution is 5.78. The maximum atomic E-state index is 11.8. The second-order valence-electron chi connectivity index (χ2n) is 4.06. The third kappa shape index (κ3) is 2.63. The molecule has 1 heterocycles. The van der Waals surface area contributed by atoms with Gasteiger partial charge in [-0.15, -0.1) is 0 Å². The van der Waals surface area contributed by atoms with Crippen molar-refractivity contribution in [2.45, 2.75) is 25.8 Å². The fourth-order valence-corrected chi connectivity index (χ4v) is 2.03. The molecule has 0 aliphatic carbocycles. The zero-order valence-electron chi connectivity index (χ0n) is 9.84. The summed E-state index contributed by atoms with van der Waals surface area (Å²) in [7, 11) is 3.00. The van der Waals surface area contributed by atoms with Crippen LogP contribution < -0.4 is 0 Å². The number of carbonyl (C=O) groups excluding carboxylic acids is 1. The minimum absolute atomic E-state index is 0.0839. The van der Waals surface area contributed by atoms with Gasteiger partial charge in [0.15, 0.2) is 0 Å². The van der Waals surface area contributed by atoms with E-state index in [-0.39, 0.29) is 17.9 Å². The summed E-state index contributed by atoms with van der Waals surface area (Å²) in [5, 5.41) is 10.1. The molecule has 0 aromatic carbocycles. The van der Waals surface area contributed by atoms with E-state index in [9.17, 15) is 9.59 Å². The highest BCUT2D eigenvalue weighted by atomic mass is 16.7. The molecular formula is C10H18N2O4. The van der Waals surface area contributed by atoms with Gasteiger partial charge < -0.3 is 10.0 Å². The summed E-state index contributed by atoms with van der Waals surface area (Å²) in [6.45, 7) is 2.23. The fourth-order valence-electron chi connectivity index (χ4n) is 2.03. The highest BCUT2D eigenvalue weighted by Gasteiger charge is 2.33. The summed E-state index contributed by atoms with van der Waals surface area (Å²) in [5.74, 6) is -0.227. The molecule has 2 amide bonds. The molecule has 1 N–H and O–H groups in total. The van der Waals surface area contributed by atoms with E-state index >= 15 is 0 Å². The second-order valence-corrected chi connectivity index (χ2v) is 4.06. The molecule has 0 aromatic heterocycles. The molecule has 1 fully saturated rings. The van der Waals surface area contributed by atoms with Crippen LogP contribution in [0.3, 0.4) is 0 Å². The highest BCUT2D eigenvalue weighted by Crippen LogP contribution is 2.24. The van der Waals surface area contributed by atoms with Gasteiger partial charge in [0.2, 0.25) is 5.91 Å². The van der Waals surface area contributed by atoms with Crippen LogP contribution in [0.2, 0.25) is 0 Å². The predicted molar refractivity (Wildman–Crippen MR) is 56.7 cm³/mol. The van der Waals surface area contributed by atoms with Gasteiger partial charge in [0, 0.05) is 25.6 Å². The van der Waals surface area contributed by atoms with Gasteiger partial charge in [-0.25, -0.2) is 9.86 Å². The number of nitrogens with zero attached hydrogens (tertiary/aromatic N) is 2. The molecule has 0 saturated carbocycles. The molecule has 6 heteroatoms. The minimum Gasteiger partial charge on any atom is -0.465 e. The molecule has 2 atom stereocenters. The van der Waals surface area contributed by atoms with Gasteiger partial charge in [-0.05, 0) is 19.8 Å². The Morgan fingerprint density at radius 3 is 2.56 bits per heavy atom. The molecule has 1 aliphatic heterocycles. The summed E-state index contributed by atoms with van der Waals surface area (Å²) < 4.78 is 0. The molecule has 16 heavy (non-hydrogen) atoms. The Morgan fingerprint density at radius 1 is 1.50 bits per heavy atom. The van der Waals surface area contributed by atoms with Crippen LogP contribution in [0, 0.1) is 5.92 Å². The SMILES string of the molecule is CON(C)C(=O)C1CCN(C(=O)O)C(C)C1. The van der Waals surface area contributed by atoms with Crippen molar-refractivity contribution in [3.63, 3.8) is 0 Å². The van der Waals surface area contributed by atoms with Gasteiger partial charge in [0.05, 0.1) is 7.11 Å². The Morgan fingerprint density at radius 2 is 2.12 bits per heavy atom. The van der Waals surface area contributed by atoms with Crippen molar-refractivity contribution in [3.05, 3.63) is 0 Å². The number of carbonyl (C=O) groups is 2. The average molecular weight is 230 g/mol. The van der Waals surface area contributed by atoms with E-state index < -0.39 is 6.09 Å². The first kappa shape index (κ1) is 12.8. The van der Waals surface area contributed by atoms with Gasteiger partial charge in [0.1, 0.15) is 0 Å². The maximum Gasteiger partial charge on any atom is 0.407 e. The molecule has 2 unspecified atom stereocenters. The summed E-state index contributed by atoms with van der Waals surface area (Å²) in [4.78, 5) is 28.8. The Kier molecular flexibility index (Phi) is 4.12. The van der Waals surface area contributed by atoms with Gasteiger partial charge in [-0.3, -0.25) is 9.63 Å². The molecule has 1 rings (SSSR count). The third-order valence-electron chi connectivity index (χ3n) is 3.06. The van der Waals surface area contributed by atoms with Crippen molar-refractivity contribution in [3.8, 4) is 0 Å². The lowest BCUT2D eigenvalue weighted by atomic mass is 9.91. The Balaban J connectivity index is 2.57. The van der Waals surface area contributed by atoms with Crippen LogP contribution in [0.1, 0.15) is 19.8 Å². The topological polar surface area (TPSA) is 70.1 Å². The van der Waals surface area contributed by atoms with Gasteiger partial charge >= 0.3 is 6.09 Å². The summed E-state index contributed by atoms with van der Waals surface area (Å²) in [6.07, 6.45) is 0.195. The molecular weight excluding hydrogens is 212 g/mol. The first-order chi connectivity index (χ1) is 7.47. The lowest BCUT2D eigenvalue weighted by Crippen LogP contribution is -2.47. The monoisotopic (exact) mass is 230 g/mol. The number of amides is 2. The number of hydroxylamine groups is 2. The van der Waals surface area contributed by atoms with Crippen LogP contribution in [-0.2, 0) is 9.63 Å². The maximum absolute atomic E-state index is 11.8. The van der Waals surface area contributed by atoms with Crippen LogP contribution in [0.25, 0.3) is 0 Å². The van der Waals surface area contributed by atoms with E-state index in [2.05, 4.69) is 0 Å². The van der Waals surface area contributed by atoms with Gasteiger partial charge in [0.25, 0.3) is 0 Å². The third-order valence-corrected chi connectivity index (χ3v) is 3.06. The predicted octanol–water partition coefficient (Wildman–Crippen LogP) is 0.785. The largest absolute Gasteiger partial charge is 0.465 e. The zero-order chi connectivity index (χ0) is 12.3. The van der Waals surface area contributed by atoms with Crippen LogP contribution >= 0.6 is 0 Å². The van der Waals surface area contributed by atoms with Crippen molar-refractivity contribution >= 4 is 12.0 Å². The molecule has 1 aliphatic rings. The van der Waals surface area contributed by atoms with Crippen LogP contribution in [0.5, 0.6) is 0 Å². The lowest BCUT2D eigenvalue weighted by Gasteiger charge is -2.36. The first-order valence-electron chi connectivity index (χ1n) is 5.28. The van der Waals surface area contributed by atoms with Crippen LogP contribution in [0.15, 0.2) is 0 Å². The van der Waals surface area contributed by atoms with E-state index in [0.717, 1.165) is 0 Å². The Bertz CT molecular complexity index is 282. The standard InChI is InChI=1S/C10H18N2O4/c1-7-6-8(9(13)11(2)16-3)4-5-12(7)10(14)15/h7-8H,4-6H2,1-3H3,(H,14,15). The number of hydrogen-bond donors (Lipinski definition) is 1. The Labute approximate surface area is 94.7 Å². The second kappa shape index (κ2) is 5.16. The lowest BCUT2D eigenvalue weighted by molar-refractivity contribution is -0.175. The van der Waals surface area contributed by atoms with E-state index in [1.807, 2.05) is 6.92 Å². The molecule has 92 valence electrons. The summed E-state index contributed by atoms with van der Waals surface area (Å²) in [5.41, 5.74) is 0. The molecule has 0 bridgehead atoms. The van der Waals surface area contributed by atoms with Gasteiger partial charge in [-0.2, -0.15) is 0 Å². The van der Waals surface area contributed by atoms with E-state index in [1.54, 1.807) is 7.05 Å². The van der Waals surface area contributed by atoms with E-state index in [4.69, 9.17) is 9.94 Å². The quantitative estimate of drug-likeness (QED) is 0.712. The molecule has 0 radical (unpaired) electrons. The number of hydrogen-bond acceptors (Lipinski definition) is 3. The number of likely N-dealkylation sites (tertiary alicyclic amines) is 1. The zero-order valence-corrected chi connectivity index (χ0v) is 9.84. The van der Waals surface area contributed by atoms with Crippen molar-refractivity contribution in [2.75, 3.05) is 20.7 Å². The van der Waals surface area contributed by atoms with Crippen molar-refractivity contribution in [2.24, 2.45) is 5.92 Å². The molecule has 1 saturated heterocycles. The molecule has 0 aromatic rings. The normalized spacial score (nSPS) is 25.3. The number of carboxylic acid groups (broad SMARTS) is 1. The smallest absolute Gasteiger partial charge is 0.407 e. The van der Waals surface area contributed by atoms with Crippen molar-refractivity contribution in [1.29, 1.82) is 0 Å². The average Bonchev–Trinajstić information content (AvgIpc) is 2.26. The van der Waals surface area contributed by atoms with Gasteiger partial charge in [-0.1, -0.05) is 0 Å². The molecule has 0 spiro atoms. The summed E-state index contributed by atoms with van der Waals surface area (Å²) in [6, 6.07) is -0.120. The first-order valence-corrected chi connectivity index (χ1v) is 5.28. The van der Waals surface area contributed by atoms with Crippen LogP contribution in [-0.4, -0.2) is 53.8 Å². The van der Waals surface area contributed by atoms with Crippen molar-refractivity contribution < 1.29 is 19.5 Å². The molecule has 6 nitrogen and oxygen atoms in total.